The van der Waals surface area contributed by atoms with E-state index in [4.69, 9.17) is 0 Å². The molecule has 2 aromatic carbocycles. The number of rotatable bonds is 5. The summed E-state index contributed by atoms with van der Waals surface area (Å²) < 4.78 is 38.5. The predicted octanol–water partition coefficient (Wildman–Crippen LogP) is 4.45. The van der Waals surface area contributed by atoms with Crippen LogP contribution in [0.5, 0.6) is 0 Å². The van der Waals surface area contributed by atoms with Gasteiger partial charge in [-0.1, -0.05) is 29.8 Å². The van der Waals surface area contributed by atoms with Crippen LogP contribution in [0.25, 0.3) is 0 Å². The van der Waals surface area contributed by atoms with E-state index in [0.29, 0.717) is 6.54 Å². The third kappa shape index (κ3) is 5.02. The molecule has 0 spiro atoms. The van der Waals surface area contributed by atoms with Crippen molar-refractivity contribution in [3.63, 3.8) is 0 Å². The molecule has 2 aromatic rings. The molecule has 0 aliphatic rings. The van der Waals surface area contributed by atoms with Crippen LogP contribution in [0.4, 0.5) is 24.5 Å². The molecule has 0 aliphatic heterocycles. The molecule has 6 heteroatoms. The number of amides is 1. The van der Waals surface area contributed by atoms with E-state index in [-0.39, 0.29) is 12.1 Å². The molecule has 2 rings (SSSR count). The van der Waals surface area contributed by atoms with Crippen molar-refractivity contribution < 1.29 is 18.0 Å². The maximum Gasteiger partial charge on any atom is 0.418 e. The summed E-state index contributed by atoms with van der Waals surface area (Å²) in [6, 6.07) is 12.6. The molecule has 3 nitrogen and oxygen atoms in total. The first-order valence-corrected chi connectivity index (χ1v) is 7.13. The Balaban J connectivity index is 1.89. The fraction of sp³-hybridized carbons (Fsp3) is 0.235. The highest BCUT2D eigenvalue weighted by atomic mass is 19.4. The summed E-state index contributed by atoms with van der Waals surface area (Å²) in [5.41, 5.74) is 0.913. The summed E-state index contributed by atoms with van der Waals surface area (Å²) in [6.45, 7) is 2.30. The van der Waals surface area contributed by atoms with Gasteiger partial charge in [0.1, 0.15) is 0 Å². The normalized spacial score (nSPS) is 11.1. The average Bonchev–Trinajstić information content (AvgIpc) is 2.49. The molecule has 0 saturated carbocycles. The molecule has 0 radical (unpaired) electrons. The fourth-order valence-electron chi connectivity index (χ4n) is 2.04. The lowest BCUT2D eigenvalue weighted by Gasteiger charge is -2.13. The van der Waals surface area contributed by atoms with Gasteiger partial charge < -0.3 is 10.6 Å². The van der Waals surface area contributed by atoms with E-state index >= 15 is 0 Å². The van der Waals surface area contributed by atoms with Gasteiger partial charge in [0.05, 0.1) is 11.3 Å². The first kappa shape index (κ1) is 16.9. The van der Waals surface area contributed by atoms with E-state index in [2.05, 4.69) is 10.6 Å². The summed E-state index contributed by atoms with van der Waals surface area (Å²) in [5, 5.41) is 5.36. The van der Waals surface area contributed by atoms with Crippen molar-refractivity contribution in [1.29, 1.82) is 0 Å². The Labute approximate surface area is 132 Å². The zero-order valence-electron chi connectivity index (χ0n) is 12.6. The zero-order chi connectivity index (χ0) is 16.9. The Bertz CT molecular complexity index is 666. The second-order valence-corrected chi connectivity index (χ2v) is 5.13. The number of para-hydroxylation sites is 1. The average molecular weight is 322 g/mol. The van der Waals surface area contributed by atoms with E-state index in [1.807, 2.05) is 31.2 Å². The van der Waals surface area contributed by atoms with Gasteiger partial charge in [-0.15, -0.1) is 0 Å². The standard InChI is InChI=1S/C17H17F3N2O/c1-12-6-8-13(9-7-12)21-11-10-16(23)22-15-5-3-2-4-14(15)17(18,19)20/h2-9,21H,10-11H2,1H3,(H,22,23). The molecule has 0 atom stereocenters. The van der Waals surface area contributed by atoms with Crippen LogP contribution in [-0.2, 0) is 11.0 Å². The molecule has 0 aliphatic carbocycles. The number of anilines is 2. The summed E-state index contributed by atoms with van der Waals surface area (Å²) in [7, 11) is 0. The van der Waals surface area contributed by atoms with Crippen molar-refractivity contribution in [2.45, 2.75) is 19.5 Å². The number of benzene rings is 2. The molecule has 23 heavy (non-hydrogen) atoms. The van der Waals surface area contributed by atoms with Crippen LogP contribution in [0, 0.1) is 6.92 Å². The first-order chi connectivity index (χ1) is 10.9. The minimum absolute atomic E-state index is 0.0695. The summed E-state index contributed by atoms with van der Waals surface area (Å²) in [6.07, 6.45) is -4.43. The molecule has 0 aromatic heterocycles. The lowest BCUT2D eigenvalue weighted by atomic mass is 10.1. The van der Waals surface area contributed by atoms with Crippen LogP contribution in [0.1, 0.15) is 17.5 Å². The Morgan fingerprint density at radius 2 is 1.70 bits per heavy atom. The van der Waals surface area contributed by atoms with E-state index in [1.54, 1.807) is 0 Å². The van der Waals surface area contributed by atoms with Crippen molar-refractivity contribution in [3.05, 3.63) is 59.7 Å². The topological polar surface area (TPSA) is 41.1 Å². The van der Waals surface area contributed by atoms with Gasteiger partial charge in [0.25, 0.3) is 0 Å². The number of nitrogens with one attached hydrogen (secondary N) is 2. The van der Waals surface area contributed by atoms with E-state index < -0.39 is 17.6 Å². The van der Waals surface area contributed by atoms with Gasteiger partial charge in [-0.2, -0.15) is 13.2 Å². The van der Waals surface area contributed by atoms with Gasteiger partial charge >= 0.3 is 6.18 Å². The highest BCUT2D eigenvalue weighted by Gasteiger charge is 2.33. The quantitative estimate of drug-likeness (QED) is 0.853. The molecular weight excluding hydrogens is 305 g/mol. The minimum atomic E-state index is -4.50. The molecular formula is C17H17F3N2O. The largest absolute Gasteiger partial charge is 0.418 e. The van der Waals surface area contributed by atoms with Crippen LogP contribution in [0.15, 0.2) is 48.5 Å². The fourth-order valence-corrected chi connectivity index (χ4v) is 2.04. The molecule has 0 heterocycles. The van der Waals surface area contributed by atoms with E-state index in [1.165, 1.54) is 18.2 Å². The lowest BCUT2D eigenvalue weighted by molar-refractivity contribution is -0.137. The van der Waals surface area contributed by atoms with Crippen molar-refractivity contribution in [2.24, 2.45) is 0 Å². The van der Waals surface area contributed by atoms with Crippen molar-refractivity contribution in [1.82, 2.24) is 0 Å². The molecule has 1 amide bonds. The monoisotopic (exact) mass is 322 g/mol. The second-order valence-electron chi connectivity index (χ2n) is 5.13. The van der Waals surface area contributed by atoms with E-state index in [0.717, 1.165) is 17.3 Å². The predicted molar refractivity (Wildman–Crippen MR) is 84.4 cm³/mol. The van der Waals surface area contributed by atoms with Crippen molar-refractivity contribution >= 4 is 17.3 Å². The number of hydrogen-bond acceptors (Lipinski definition) is 2. The van der Waals surface area contributed by atoms with Gasteiger partial charge in [-0.25, -0.2) is 0 Å². The molecule has 0 bridgehead atoms. The van der Waals surface area contributed by atoms with Crippen LogP contribution in [0.3, 0.4) is 0 Å². The van der Waals surface area contributed by atoms with Crippen LogP contribution in [0.2, 0.25) is 0 Å². The maximum atomic E-state index is 12.8. The van der Waals surface area contributed by atoms with Gasteiger partial charge in [-0.05, 0) is 31.2 Å². The van der Waals surface area contributed by atoms with E-state index in [9.17, 15) is 18.0 Å². The molecule has 0 unspecified atom stereocenters. The number of halogens is 3. The van der Waals surface area contributed by atoms with Gasteiger partial charge in [-0.3, -0.25) is 4.79 Å². The number of hydrogen-bond donors (Lipinski definition) is 2. The van der Waals surface area contributed by atoms with Crippen molar-refractivity contribution in [3.8, 4) is 0 Å². The molecule has 0 fully saturated rings. The maximum absolute atomic E-state index is 12.8. The highest BCUT2D eigenvalue weighted by Crippen LogP contribution is 2.34. The third-order valence-electron chi connectivity index (χ3n) is 3.24. The van der Waals surface area contributed by atoms with Gasteiger partial charge in [0.15, 0.2) is 0 Å². The van der Waals surface area contributed by atoms with Crippen LogP contribution in [-0.4, -0.2) is 12.5 Å². The van der Waals surface area contributed by atoms with Crippen LogP contribution < -0.4 is 10.6 Å². The smallest absolute Gasteiger partial charge is 0.385 e. The number of carbonyl (C=O) groups excluding carboxylic acids is 1. The number of alkyl halides is 3. The molecule has 0 saturated heterocycles. The first-order valence-electron chi connectivity index (χ1n) is 7.13. The summed E-state index contributed by atoms with van der Waals surface area (Å²) in [5.74, 6) is -0.471. The molecule has 2 N–H and O–H groups in total. The highest BCUT2D eigenvalue weighted by molar-refractivity contribution is 5.91. The number of aryl methyl sites for hydroxylation is 1. The third-order valence-corrected chi connectivity index (χ3v) is 3.24. The second kappa shape index (κ2) is 7.17. The van der Waals surface area contributed by atoms with Crippen molar-refractivity contribution in [2.75, 3.05) is 17.2 Å². The number of carbonyl (C=O) groups is 1. The zero-order valence-corrected chi connectivity index (χ0v) is 12.6. The van der Waals surface area contributed by atoms with Crippen LogP contribution >= 0.6 is 0 Å². The Morgan fingerprint density at radius 3 is 2.35 bits per heavy atom. The lowest BCUT2D eigenvalue weighted by Crippen LogP contribution is -2.19. The Hall–Kier alpha value is -2.50. The molecule has 122 valence electrons. The minimum Gasteiger partial charge on any atom is -0.385 e. The van der Waals surface area contributed by atoms with Gasteiger partial charge in [0, 0.05) is 18.7 Å². The summed E-state index contributed by atoms with van der Waals surface area (Å²) in [4.78, 5) is 11.8. The Kier molecular flexibility index (Phi) is 5.26. The van der Waals surface area contributed by atoms with Gasteiger partial charge in [0.2, 0.25) is 5.91 Å². The Morgan fingerprint density at radius 1 is 1.04 bits per heavy atom. The summed E-state index contributed by atoms with van der Waals surface area (Å²) >= 11 is 0. The SMILES string of the molecule is Cc1ccc(NCCC(=O)Nc2ccccc2C(F)(F)F)cc1.